The summed E-state index contributed by atoms with van der Waals surface area (Å²) in [6, 6.07) is 18.8. The molecule has 1 atom stereocenters. The Bertz CT molecular complexity index is 787. The van der Waals surface area contributed by atoms with E-state index in [1.165, 1.54) is 0 Å². The quantitative estimate of drug-likeness (QED) is 0.592. The highest BCUT2D eigenvalue weighted by Gasteiger charge is 2.13. The molecule has 0 aliphatic carbocycles. The molecule has 2 aromatic carbocycles. The van der Waals surface area contributed by atoms with Crippen LogP contribution >= 0.6 is 0 Å². The van der Waals surface area contributed by atoms with Gasteiger partial charge in [-0.15, -0.1) is 0 Å². The normalized spacial score (nSPS) is 12.3. The lowest BCUT2D eigenvalue weighted by Gasteiger charge is -2.13. The van der Waals surface area contributed by atoms with Crippen molar-refractivity contribution in [2.75, 3.05) is 6.61 Å². The van der Waals surface area contributed by atoms with Crippen molar-refractivity contribution in [3.63, 3.8) is 0 Å². The lowest BCUT2D eigenvalue weighted by molar-refractivity contribution is -0.117. The minimum Gasteiger partial charge on any atom is -0.493 e. The number of amides is 1. The van der Waals surface area contributed by atoms with Crippen LogP contribution in [0.4, 0.5) is 0 Å². The number of hydrogen-bond acceptors (Lipinski definition) is 3. The van der Waals surface area contributed by atoms with E-state index in [0.717, 1.165) is 16.9 Å². The maximum atomic E-state index is 12.4. The van der Waals surface area contributed by atoms with Gasteiger partial charge in [0, 0.05) is 0 Å². The summed E-state index contributed by atoms with van der Waals surface area (Å²) in [5.74, 6) is 0.843. The van der Waals surface area contributed by atoms with Gasteiger partial charge in [0.25, 0.3) is 5.91 Å². The van der Waals surface area contributed by atoms with Crippen molar-refractivity contribution in [2.24, 2.45) is 5.92 Å². The van der Waals surface area contributed by atoms with Crippen LogP contribution < -0.4 is 10.1 Å². The first kappa shape index (κ1) is 19.3. The molecule has 0 saturated carbocycles. The maximum Gasteiger partial charge on any atom is 0.262 e. The van der Waals surface area contributed by atoms with Crippen molar-refractivity contribution in [2.45, 2.75) is 26.8 Å². The number of carbonyl (C=O) groups is 1. The van der Waals surface area contributed by atoms with Crippen LogP contribution in [0.1, 0.15) is 37.9 Å². The van der Waals surface area contributed by atoms with E-state index in [4.69, 9.17) is 4.74 Å². The fourth-order valence-corrected chi connectivity index (χ4v) is 2.34. The molecule has 0 aromatic heterocycles. The van der Waals surface area contributed by atoms with Crippen molar-refractivity contribution < 1.29 is 9.53 Å². The van der Waals surface area contributed by atoms with Gasteiger partial charge in [-0.1, -0.05) is 56.3 Å². The summed E-state index contributed by atoms with van der Waals surface area (Å²) >= 11 is 0. The number of rotatable bonds is 7. The molecule has 0 aliphatic heterocycles. The number of nitrogens with zero attached hydrogens (tertiary/aromatic N) is 1. The van der Waals surface area contributed by atoms with Crippen LogP contribution in [0.3, 0.4) is 0 Å². The first-order valence-electron chi connectivity index (χ1n) is 8.70. The van der Waals surface area contributed by atoms with Crippen LogP contribution in [-0.2, 0) is 4.79 Å². The molecule has 0 heterocycles. The molecular formula is C22H24N2O2. The third-order valence-electron chi connectivity index (χ3n) is 3.79. The van der Waals surface area contributed by atoms with Crippen molar-refractivity contribution in [3.05, 3.63) is 71.3 Å². The van der Waals surface area contributed by atoms with Crippen LogP contribution in [-0.4, -0.2) is 12.5 Å². The van der Waals surface area contributed by atoms with Gasteiger partial charge in [-0.3, -0.25) is 4.79 Å². The van der Waals surface area contributed by atoms with Gasteiger partial charge >= 0.3 is 0 Å². The van der Waals surface area contributed by atoms with Crippen LogP contribution in [0.15, 0.2) is 60.2 Å². The van der Waals surface area contributed by atoms with Crippen molar-refractivity contribution in [1.29, 1.82) is 5.26 Å². The molecule has 2 aromatic rings. The van der Waals surface area contributed by atoms with Gasteiger partial charge in [-0.25, -0.2) is 0 Å². The summed E-state index contributed by atoms with van der Waals surface area (Å²) in [5, 5.41) is 12.2. The molecule has 1 N–H and O–H groups in total. The Labute approximate surface area is 155 Å². The van der Waals surface area contributed by atoms with E-state index >= 15 is 0 Å². The topological polar surface area (TPSA) is 62.1 Å². The Hall–Kier alpha value is -3.06. The van der Waals surface area contributed by atoms with Crippen LogP contribution in [0.2, 0.25) is 0 Å². The first-order chi connectivity index (χ1) is 12.5. The molecule has 1 amide bonds. The van der Waals surface area contributed by atoms with Gasteiger partial charge in [-0.05, 0) is 42.2 Å². The molecule has 0 spiro atoms. The van der Waals surface area contributed by atoms with E-state index in [0.29, 0.717) is 12.5 Å². The minimum absolute atomic E-state index is 0.0728. The van der Waals surface area contributed by atoms with E-state index in [1.807, 2.05) is 67.6 Å². The van der Waals surface area contributed by atoms with E-state index in [-0.39, 0.29) is 17.5 Å². The molecule has 0 saturated heterocycles. The number of hydrogen-bond donors (Lipinski definition) is 1. The fourth-order valence-electron chi connectivity index (χ4n) is 2.34. The van der Waals surface area contributed by atoms with Gasteiger partial charge in [0.1, 0.15) is 17.4 Å². The summed E-state index contributed by atoms with van der Waals surface area (Å²) < 4.78 is 5.64. The third-order valence-corrected chi connectivity index (χ3v) is 3.79. The molecule has 0 bridgehead atoms. The van der Waals surface area contributed by atoms with Crippen LogP contribution in [0, 0.1) is 17.2 Å². The zero-order chi connectivity index (χ0) is 18.9. The van der Waals surface area contributed by atoms with Crippen LogP contribution in [0.5, 0.6) is 5.75 Å². The smallest absolute Gasteiger partial charge is 0.262 e. The molecule has 4 heteroatoms. The van der Waals surface area contributed by atoms with E-state index in [2.05, 4.69) is 19.2 Å². The second-order valence-electron chi connectivity index (χ2n) is 6.55. The summed E-state index contributed by atoms with van der Waals surface area (Å²) in [5.41, 5.74) is 1.84. The minimum atomic E-state index is -0.385. The van der Waals surface area contributed by atoms with Crippen LogP contribution in [0.25, 0.3) is 6.08 Å². The number of nitrogens with one attached hydrogen (secondary N) is 1. The monoisotopic (exact) mass is 348 g/mol. The average molecular weight is 348 g/mol. The highest BCUT2D eigenvalue weighted by atomic mass is 16.5. The zero-order valence-corrected chi connectivity index (χ0v) is 15.4. The molecule has 0 aliphatic rings. The largest absolute Gasteiger partial charge is 0.493 e. The molecule has 0 radical (unpaired) electrons. The first-order valence-corrected chi connectivity index (χ1v) is 8.70. The highest BCUT2D eigenvalue weighted by Crippen LogP contribution is 2.16. The molecule has 0 fully saturated rings. The van der Waals surface area contributed by atoms with E-state index < -0.39 is 0 Å². The van der Waals surface area contributed by atoms with Crippen molar-refractivity contribution in [1.82, 2.24) is 5.32 Å². The summed E-state index contributed by atoms with van der Waals surface area (Å²) in [4.78, 5) is 12.4. The van der Waals surface area contributed by atoms with Gasteiger partial charge in [0.15, 0.2) is 0 Å². The Morgan fingerprint density at radius 2 is 1.77 bits per heavy atom. The van der Waals surface area contributed by atoms with Gasteiger partial charge in [-0.2, -0.15) is 5.26 Å². The molecule has 2 rings (SSSR count). The SMILES string of the molecule is CC(C)COc1ccc(/C=C(\C#N)C(=O)N[C@H](C)c2ccccc2)cc1. The summed E-state index contributed by atoms with van der Waals surface area (Å²) in [7, 11) is 0. The van der Waals surface area contributed by atoms with Gasteiger partial charge in [0.2, 0.25) is 0 Å². The van der Waals surface area contributed by atoms with E-state index in [1.54, 1.807) is 6.08 Å². The third kappa shape index (κ3) is 5.78. The average Bonchev–Trinajstić information content (AvgIpc) is 2.65. The van der Waals surface area contributed by atoms with Crippen molar-refractivity contribution >= 4 is 12.0 Å². The Kier molecular flexibility index (Phi) is 6.99. The predicted molar refractivity (Wildman–Crippen MR) is 103 cm³/mol. The number of benzene rings is 2. The molecule has 0 unspecified atom stereocenters. The molecule has 4 nitrogen and oxygen atoms in total. The van der Waals surface area contributed by atoms with Gasteiger partial charge in [0.05, 0.1) is 12.6 Å². The Morgan fingerprint density at radius 1 is 1.12 bits per heavy atom. The molecule has 134 valence electrons. The number of nitriles is 1. The van der Waals surface area contributed by atoms with E-state index in [9.17, 15) is 10.1 Å². The van der Waals surface area contributed by atoms with Gasteiger partial charge < -0.3 is 10.1 Å². The lowest BCUT2D eigenvalue weighted by Crippen LogP contribution is -2.27. The number of carbonyl (C=O) groups excluding carboxylic acids is 1. The molecule has 26 heavy (non-hydrogen) atoms. The molecular weight excluding hydrogens is 324 g/mol. The summed E-state index contributed by atoms with van der Waals surface area (Å²) in [6.07, 6.45) is 1.58. The maximum absolute atomic E-state index is 12.4. The summed E-state index contributed by atoms with van der Waals surface area (Å²) in [6.45, 7) is 6.72. The standard InChI is InChI=1S/C22H24N2O2/c1-16(2)15-26-21-11-9-18(10-12-21)13-20(14-23)22(25)24-17(3)19-7-5-4-6-8-19/h4-13,16-17H,15H2,1-3H3,(H,24,25)/b20-13+/t17-/m1/s1. The number of ether oxygens (including phenoxy) is 1. The fraction of sp³-hybridized carbons (Fsp3) is 0.273. The Morgan fingerprint density at radius 3 is 2.35 bits per heavy atom. The zero-order valence-electron chi connectivity index (χ0n) is 15.4. The highest BCUT2D eigenvalue weighted by molar-refractivity contribution is 6.01. The second-order valence-corrected chi connectivity index (χ2v) is 6.55. The predicted octanol–water partition coefficient (Wildman–Crippen LogP) is 4.51. The second kappa shape index (κ2) is 9.43. The lowest BCUT2D eigenvalue weighted by atomic mass is 10.1. The van der Waals surface area contributed by atoms with Crippen molar-refractivity contribution in [3.8, 4) is 11.8 Å². The Balaban J connectivity index is 2.04.